The molecule has 0 saturated carbocycles. The van der Waals surface area contributed by atoms with E-state index in [9.17, 15) is 8.78 Å². The van der Waals surface area contributed by atoms with E-state index in [2.05, 4.69) is 12.2 Å². The van der Waals surface area contributed by atoms with Crippen LogP contribution in [0.2, 0.25) is 0 Å². The maximum Gasteiger partial charge on any atom is 0.159 e. The van der Waals surface area contributed by atoms with E-state index in [1.807, 2.05) is 0 Å². The van der Waals surface area contributed by atoms with Crippen molar-refractivity contribution in [1.29, 1.82) is 0 Å². The van der Waals surface area contributed by atoms with Crippen molar-refractivity contribution in [2.45, 2.75) is 51.2 Å². The molecule has 0 aromatic heterocycles. The highest BCUT2D eigenvalue weighted by Gasteiger charge is 2.21. The lowest BCUT2D eigenvalue weighted by molar-refractivity contribution is 0.0946. The molecular weight excluding hydrogens is 260 g/mol. The molecule has 2 unspecified atom stereocenters. The van der Waals surface area contributed by atoms with Gasteiger partial charge in [0.15, 0.2) is 11.6 Å². The second-order valence-electron chi connectivity index (χ2n) is 5.47. The summed E-state index contributed by atoms with van der Waals surface area (Å²) in [5.74, 6) is -1.56. The SMILES string of the molecule is CCCNC(Cc1ccc(F)c(F)c1)CC1CCCO1. The van der Waals surface area contributed by atoms with Gasteiger partial charge in [-0.05, 0) is 56.3 Å². The second-order valence-corrected chi connectivity index (χ2v) is 5.47. The lowest BCUT2D eigenvalue weighted by atomic mass is 9.99. The normalized spacial score (nSPS) is 20.2. The van der Waals surface area contributed by atoms with E-state index in [0.29, 0.717) is 12.5 Å². The fraction of sp³-hybridized carbons (Fsp3) is 0.625. The lowest BCUT2D eigenvalue weighted by Crippen LogP contribution is -2.35. The fourth-order valence-corrected chi connectivity index (χ4v) is 2.69. The van der Waals surface area contributed by atoms with Crippen LogP contribution in [0, 0.1) is 11.6 Å². The van der Waals surface area contributed by atoms with Gasteiger partial charge in [-0.15, -0.1) is 0 Å². The summed E-state index contributed by atoms with van der Waals surface area (Å²) in [6.07, 6.45) is 5.21. The van der Waals surface area contributed by atoms with Gasteiger partial charge in [-0.1, -0.05) is 13.0 Å². The molecule has 1 saturated heterocycles. The number of halogens is 2. The molecular formula is C16H23F2NO. The average Bonchev–Trinajstić information content (AvgIpc) is 2.93. The minimum atomic E-state index is -0.786. The van der Waals surface area contributed by atoms with E-state index < -0.39 is 11.6 Å². The average molecular weight is 283 g/mol. The molecule has 1 N–H and O–H groups in total. The Balaban J connectivity index is 1.95. The summed E-state index contributed by atoms with van der Waals surface area (Å²) in [5.41, 5.74) is 0.829. The zero-order valence-electron chi connectivity index (χ0n) is 12.0. The van der Waals surface area contributed by atoms with Crippen molar-refractivity contribution in [3.05, 3.63) is 35.4 Å². The topological polar surface area (TPSA) is 21.3 Å². The first kappa shape index (κ1) is 15.4. The molecule has 2 rings (SSSR count). The molecule has 0 amide bonds. The monoisotopic (exact) mass is 283 g/mol. The van der Waals surface area contributed by atoms with E-state index in [1.54, 1.807) is 6.07 Å². The predicted octanol–water partition coefficient (Wildman–Crippen LogP) is 3.44. The van der Waals surface area contributed by atoms with Crippen LogP contribution in [0.3, 0.4) is 0 Å². The summed E-state index contributed by atoms with van der Waals surface area (Å²) in [6, 6.07) is 4.41. The molecule has 1 aliphatic rings. The van der Waals surface area contributed by atoms with Gasteiger partial charge in [-0.25, -0.2) is 8.78 Å². The highest BCUT2D eigenvalue weighted by molar-refractivity contribution is 5.19. The quantitative estimate of drug-likeness (QED) is 0.827. The van der Waals surface area contributed by atoms with Crippen LogP contribution in [0.25, 0.3) is 0 Å². The van der Waals surface area contributed by atoms with E-state index in [1.165, 1.54) is 12.1 Å². The Morgan fingerprint density at radius 3 is 2.85 bits per heavy atom. The highest BCUT2D eigenvalue weighted by Crippen LogP contribution is 2.19. The third-order valence-electron chi connectivity index (χ3n) is 3.72. The lowest BCUT2D eigenvalue weighted by Gasteiger charge is -2.22. The Hall–Kier alpha value is -1.00. The first-order chi connectivity index (χ1) is 9.69. The molecule has 1 aliphatic heterocycles. The van der Waals surface area contributed by atoms with Crippen LogP contribution in [0.4, 0.5) is 8.78 Å². The Morgan fingerprint density at radius 2 is 2.20 bits per heavy atom. The molecule has 4 heteroatoms. The van der Waals surface area contributed by atoms with Crippen molar-refractivity contribution in [2.75, 3.05) is 13.2 Å². The van der Waals surface area contributed by atoms with E-state index in [4.69, 9.17) is 4.74 Å². The summed E-state index contributed by atoms with van der Waals surface area (Å²) >= 11 is 0. The zero-order valence-corrected chi connectivity index (χ0v) is 12.0. The summed E-state index contributed by atoms with van der Waals surface area (Å²) in [6.45, 7) is 3.89. The third kappa shape index (κ3) is 4.53. The van der Waals surface area contributed by atoms with Gasteiger partial charge in [-0.3, -0.25) is 0 Å². The van der Waals surface area contributed by atoms with Crippen molar-refractivity contribution < 1.29 is 13.5 Å². The number of hydrogen-bond acceptors (Lipinski definition) is 2. The zero-order chi connectivity index (χ0) is 14.4. The molecule has 1 fully saturated rings. The Kier molecular flexibility index (Phi) is 5.92. The van der Waals surface area contributed by atoms with Crippen LogP contribution >= 0.6 is 0 Å². The van der Waals surface area contributed by atoms with E-state index in [0.717, 1.165) is 44.4 Å². The number of nitrogens with one attached hydrogen (secondary N) is 1. The molecule has 1 aromatic carbocycles. The van der Waals surface area contributed by atoms with Crippen molar-refractivity contribution in [3.63, 3.8) is 0 Å². The van der Waals surface area contributed by atoms with Crippen molar-refractivity contribution in [2.24, 2.45) is 0 Å². The largest absolute Gasteiger partial charge is 0.378 e. The van der Waals surface area contributed by atoms with Crippen molar-refractivity contribution in [1.82, 2.24) is 5.32 Å². The van der Waals surface area contributed by atoms with Gasteiger partial charge in [0, 0.05) is 12.6 Å². The predicted molar refractivity (Wildman–Crippen MR) is 75.7 cm³/mol. The van der Waals surface area contributed by atoms with Gasteiger partial charge in [-0.2, -0.15) is 0 Å². The molecule has 112 valence electrons. The van der Waals surface area contributed by atoms with Crippen LogP contribution in [-0.2, 0) is 11.2 Å². The standard InChI is InChI=1S/C16H23F2NO/c1-2-7-19-13(11-14-4-3-8-20-14)9-12-5-6-15(17)16(18)10-12/h5-6,10,13-14,19H,2-4,7-9,11H2,1H3. The van der Waals surface area contributed by atoms with Crippen LogP contribution in [0.1, 0.15) is 38.2 Å². The smallest absolute Gasteiger partial charge is 0.159 e. The van der Waals surface area contributed by atoms with Gasteiger partial charge in [0.05, 0.1) is 6.10 Å². The maximum absolute atomic E-state index is 13.3. The van der Waals surface area contributed by atoms with Crippen LogP contribution < -0.4 is 5.32 Å². The van der Waals surface area contributed by atoms with Gasteiger partial charge in [0.25, 0.3) is 0 Å². The Bertz CT molecular complexity index is 419. The molecule has 1 aromatic rings. The highest BCUT2D eigenvalue weighted by atomic mass is 19.2. The van der Waals surface area contributed by atoms with Crippen molar-refractivity contribution >= 4 is 0 Å². The molecule has 0 bridgehead atoms. The summed E-state index contributed by atoms with van der Waals surface area (Å²) in [4.78, 5) is 0. The minimum absolute atomic E-state index is 0.253. The molecule has 0 spiro atoms. The van der Waals surface area contributed by atoms with Crippen molar-refractivity contribution in [3.8, 4) is 0 Å². The van der Waals surface area contributed by atoms with E-state index >= 15 is 0 Å². The fourth-order valence-electron chi connectivity index (χ4n) is 2.69. The van der Waals surface area contributed by atoms with Crippen LogP contribution in [-0.4, -0.2) is 25.3 Å². The van der Waals surface area contributed by atoms with Gasteiger partial charge in [0.1, 0.15) is 0 Å². The van der Waals surface area contributed by atoms with Crippen LogP contribution in [0.5, 0.6) is 0 Å². The van der Waals surface area contributed by atoms with Gasteiger partial charge < -0.3 is 10.1 Å². The minimum Gasteiger partial charge on any atom is -0.378 e. The maximum atomic E-state index is 13.3. The second kappa shape index (κ2) is 7.70. The molecule has 20 heavy (non-hydrogen) atoms. The van der Waals surface area contributed by atoms with Crippen LogP contribution in [0.15, 0.2) is 18.2 Å². The van der Waals surface area contributed by atoms with E-state index in [-0.39, 0.29) is 6.04 Å². The summed E-state index contributed by atoms with van der Waals surface area (Å²) < 4.78 is 31.9. The molecule has 2 atom stereocenters. The molecule has 0 aliphatic carbocycles. The molecule has 0 radical (unpaired) electrons. The number of rotatable bonds is 7. The van der Waals surface area contributed by atoms with Gasteiger partial charge in [0.2, 0.25) is 0 Å². The Morgan fingerprint density at radius 1 is 1.35 bits per heavy atom. The molecule has 1 heterocycles. The molecule has 2 nitrogen and oxygen atoms in total. The number of benzene rings is 1. The van der Waals surface area contributed by atoms with Gasteiger partial charge >= 0.3 is 0 Å². The third-order valence-corrected chi connectivity index (χ3v) is 3.72. The summed E-state index contributed by atoms with van der Waals surface area (Å²) in [5, 5.41) is 3.48. The first-order valence-electron chi connectivity index (χ1n) is 7.48. The number of ether oxygens (including phenoxy) is 1. The Labute approximate surface area is 119 Å². The summed E-state index contributed by atoms with van der Waals surface area (Å²) in [7, 11) is 0. The first-order valence-corrected chi connectivity index (χ1v) is 7.48. The number of hydrogen-bond donors (Lipinski definition) is 1.